The third kappa shape index (κ3) is 6.45. The van der Waals surface area contributed by atoms with Crippen molar-refractivity contribution in [1.29, 1.82) is 0 Å². The Balaban J connectivity index is 1.46. The molecule has 0 spiro atoms. The predicted molar refractivity (Wildman–Crippen MR) is 111 cm³/mol. The number of aliphatic hydroxyl groups is 1. The molecule has 0 saturated carbocycles. The van der Waals surface area contributed by atoms with Gasteiger partial charge in [0, 0.05) is 6.04 Å². The number of rotatable bonds is 9. The van der Waals surface area contributed by atoms with Crippen molar-refractivity contribution >= 4 is 5.97 Å². The van der Waals surface area contributed by atoms with Gasteiger partial charge < -0.3 is 20.3 Å². The van der Waals surface area contributed by atoms with Crippen LogP contribution >= 0.6 is 0 Å². The number of hydrogen-bond acceptors (Lipinski definition) is 5. The minimum absolute atomic E-state index is 0.108. The van der Waals surface area contributed by atoms with Gasteiger partial charge in [-0.3, -0.25) is 0 Å². The summed E-state index contributed by atoms with van der Waals surface area (Å²) in [6.07, 6.45) is -1.03. The van der Waals surface area contributed by atoms with E-state index < -0.39 is 18.1 Å². The summed E-state index contributed by atoms with van der Waals surface area (Å²) in [6, 6.07) is 25.9. The van der Waals surface area contributed by atoms with E-state index in [2.05, 4.69) is 0 Å². The molecule has 0 saturated heterocycles. The first kappa shape index (κ1) is 20.6. The highest BCUT2D eigenvalue weighted by molar-refractivity contribution is 5.75. The minimum atomic E-state index is -1.38. The number of aliphatic hydroxyl groups excluding tert-OH is 1. The molecule has 0 fully saturated rings. The van der Waals surface area contributed by atoms with Gasteiger partial charge in [0.15, 0.2) is 6.10 Å². The van der Waals surface area contributed by atoms with E-state index in [1.807, 2.05) is 84.9 Å². The zero-order chi connectivity index (χ0) is 20.5. The Kier molecular flexibility index (Phi) is 7.39. The maximum atomic E-state index is 12.0. The van der Waals surface area contributed by atoms with Crippen molar-refractivity contribution in [2.75, 3.05) is 0 Å². The fourth-order valence-corrected chi connectivity index (χ4v) is 2.84. The van der Waals surface area contributed by atoms with Crippen LogP contribution in [0.1, 0.15) is 16.7 Å². The first-order chi connectivity index (χ1) is 14.1. The smallest absolute Gasteiger partial charge is 0.336 e. The van der Waals surface area contributed by atoms with Crippen LogP contribution in [0.4, 0.5) is 0 Å². The summed E-state index contributed by atoms with van der Waals surface area (Å²) in [5.74, 6) is 0.0261. The predicted octanol–water partition coefficient (Wildman–Crippen LogP) is 3.24. The Hall–Kier alpha value is -3.15. The van der Waals surface area contributed by atoms with Crippen molar-refractivity contribution in [2.45, 2.75) is 31.8 Å². The van der Waals surface area contributed by atoms with Gasteiger partial charge in [0.1, 0.15) is 19.0 Å². The van der Waals surface area contributed by atoms with Crippen molar-refractivity contribution in [1.82, 2.24) is 0 Å². The SMILES string of the molecule is N[C@@H](Cc1ccc(OCc2ccccc2)cc1)[C@H](O)C(=O)OCc1ccccc1. The van der Waals surface area contributed by atoms with Gasteiger partial charge in [-0.2, -0.15) is 0 Å². The summed E-state index contributed by atoms with van der Waals surface area (Å²) in [6.45, 7) is 0.600. The topological polar surface area (TPSA) is 81.8 Å². The zero-order valence-corrected chi connectivity index (χ0v) is 16.1. The molecule has 29 heavy (non-hydrogen) atoms. The Morgan fingerprint density at radius 3 is 1.93 bits per heavy atom. The second-order valence-corrected chi connectivity index (χ2v) is 6.82. The third-order valence-corrected chi connectivity index (χ3v) is 4.51. The van der Waals surface area contributed by atoms with E-state index in [0.717, 1.165) is 22.4 Å². The van der Waals surface area contributed by atoms with Crippen LogP contribution in [0.5, 0.6) is 5.75 Å². The van der Waals surface area contributed by atoms with Crippen molar-refractivity contribution in [2.24, 2.45) is 5.73 Å². The van der Waals surface area contributed by atoms with Crippen molar-refractivity contribution in [3.63, 3.8) is 0 Å². The summed E-state index contributed by atoms with van der Waals surface area (Å²) < 4.78 is 10.9. The minimum Gasteiger partial charge on any atom is -0.489 e. The Morgan fingerprint density at radius 2 is 1.34 bits per heavy atom. The van der Waals surface area contributed by atoms with Crippen LogP contribution in [-0.4, -0.2) is 23.2 Å². The Labute approximate surface area is 170 Å². The van der Waals surface area contributed by atoms with Crippen molar-refractivity contribution in [3.8, 4) is 5.75 Å². The molecule has 0 aliphatic carbocycles. The normalized spacial score (nSPS) is 12.8. The average molecular weight is 391 g/mol. The maximum Gasteiger partial charge on any atom is 0.336 e. The molecule has 0 radical (unpaired) electrons. The highest BCUT2D eigenvalue weighted by Gasteiger charge is 2.24. The number of benzene rings is 3. The molecule has 5 heteroatoms. The van der Waals surface area contributed by atoms with Gasteiger partial charge in [0.25, 0.3) is 0 Å². The van der Waals surface area contributed by atoms with Gasteiger partial charge in [-0.15, -0.1) is 0 Å². The van der Waals surface area contributed by atoms with Crippen molar-refractivity contribution < 1.29 is 19.4 Å². The largest absolute Gasteiger partial charge is 0.489 e. The molecular formula is C24H25NO4. The Morgan fingerprint density at radius 1 is 0.793 bits per heavy atom. The lowest BCUT2D eigenvalue weighted by molar-refractivity contribution is -0.156. The lowest BCUT2D eigenvalue weighted by Crippen LogP contribution is -2.42. The van der Waals surface area contributed by atoms with Crippen LogP contribution in [0.15, 0.2) is 84.9 Å². The summed E-state index contributed by atoms with van der Waals surface area (Å²) in [7, 11) is 0. The third-order valence-electron chi connectivity index (χ3n) is 4.51. The molecule has 2 atom stereocenters. The zero-order valence-electron chi connectivity index (χ0n) is 16.1. The van der Waals surface area contributed by atoms with E-state index in [1.54, 1.807) is 0 Å². The van der Waals surface area contributed by atoms with E-state index in [1.165, 1.54) is 0 Å². The molecule has 3 rings (SSSR count). The number of hydrogen-bond donors (Lipinski definition) is 2. The fourth-order valence-electron chi connectivity index (χ4n) is 2.84. The quantitative estimate of drug-likeness (QED) is 0.547. The number of carbonyl (C=O) groups is 1. The molecule has 0 heterocycles. The molecule has 0 bridgehead atoms. The molecule has 5 nitrogen and oxygen atoms in total. The van der Waals surface area contributed by atoms with Crippen LogP contribution in [0.3, 0.4) is 0 Å². The van der Waals surface area contributed by atoms with Gasteiger partial charge in [-0.25, -0.2) is 4.79 Å². The second kappa shape index (κ2) is 10.4. The second-order valence-electron chi connectivity index (χ2n) is 6.82. The lowest BCUT2D eigenvalue weighted by Gasteiger charge is -2.18. The molecule has 0 aliphatic rings. The highest BCUT2D eigenvalue weighted by Crippen LogP contribution is 2.16. The molecule has 0 unspecified atom stereocenters. The van der Waals surface area contributed by atoms with E-state index in [4.69, 9.17) is 15.2 Å². The standard InChI is InChI=1S/C24H25NO4/c25-22(23(26)24(27)29-17-20-9-5-2-6-10-20)15-18-11-13-21(14-12-18)28-16-19-7-3-1-4-8-19/h1-14,22-23,26H,15-17,25H2/t22-,23-/m0/s1. The summed E-state index contributed by atoms with van der Waals surface area (Å²) in [5, 5.41) is 10.2. The van der Waals surface area contributed by atoms with Crippen LogP contribution < -0.4 is 10.5 Å². The molecule has 0 aliphatic heterocycles. The highest BCUT2D eigenvalue weighted by atomic mass is 16.5. The molecule has 3 aromatic carbocycles. The number of esters is 1. The fraction of sp³-hybridized carbons (Fsp3) is 0.208. The summed E-state index contributed by atoms with van der Waals surface area (Å²) >= 11 is 0. The van der Waals surface area contributed by atoms with Crippen molar-refractivity contribution in [3.05, 3.63) is 102 Å². The van der Waals surface area contributed by atoms with Crippen LogP contribution in [0, 0.1) is 0 Å². The first-order valence-corrected chi connectivity index (χ1v) is 9.51. The molecule has 3 aromatic rings. The number of ether oxygens (including phenoxy) is 2. The van der Waals surface area contributed by atoms with Gasteiger partial charge in [-0.05, 0) is 35.2 Å². The van der Waals surface area contributed by atoms with E-state index >= 15 is 0 Å². The first-order valence-electron chi connectivity index (χ1n) is 9.51. The van der Waals surface area contributed by atoms with Crippen LogP contribution in [-0.2, 0) is 29.2 Å². The summed E-state index contributed by atoms with van der Waals surface area (Å²) in [5.41, 5.74) is 8.86. The van der Waals surface area contributed by atoms with E-state index in [9.17, 15) is 9.90 Å². The van der Waals surface area contributed by atoms with Gasteiger partial charge >= 0.3 is 5.97 Å². The molecule has 150 valence electrons. The number of carbonyl (C=O) groups excluding carboxylic acids is 1. The van der Waals surface area contributed by atoms with Gasteiger partial charge in [-0.1, -0.05) is 72.8 Å². The summed E-state index contributed by atoms with van der Waals surface area (Å²) in [4.78, 5) is 12.0. The van der Waals surface area contributed by atoms with Crippen LogP contribution in [0.2, 0.25) is 0 Å². The van der Waals surface area contributed by atoms with E-state index in [0.29, 0.717) is 13.0 Å². The maximum absolute atomic E-state index is 12.0. The van der Waals surface area contributed by atoms with Crippen LogP contribution in [0.25, 0.3) is 0 Å². The molecule has 0 aromatic heterocycles. The van der Waals surface area contributed by atoms with Gasteiger partial charge in [0.05, 0.1) is 0 Å². The van der Waals surface area contributed by atoms with Gasteiger partial charge in [0.2, 0.25) is 0 Å². The molecule has 3 N–H and O–H groups in total. The van der Waals surface area contributed by atoms with E-state index in [-0.39, 0.29) is 6.61 Å². The molecular weight excluding hydrogens is 366 g/mol. The number of nitrogens with two attached hydrogens (primary N) is 1. The Bertz CT molecular complexity index is 882. The lowest BCUT2D eigenvalue weighted by atomic mass is 10.0. The molecule has 0 amide bonds. The average Bonchev–Trinajstić information content (AvgIpc) is 2.78. The monoisotopic (exact) mass is 391 g/mol.